The Morgan fingerprint density at radius 2 is 1.56 bits per heavy atom. The van der Waals surface area contributed by atoms with E-state index in [1.54, 1.807) is 25.7 Å². The van der Waals surface area contributed by atoms with E-state index in [4.69, 9.17) is 9.84 Å². The maximum Gasteiger partial charge on any atom is 0.410 e. The smallest absolute Gasteiger partial charge is 0.410 e. The molecule has 1 aliphatic rings. The maximum absolute atomic E-state index is 13.4. The number of nitrogens with one attached hydrogen (secondary N) is 2. The highest BCUT2D eigenvalue weighted by atomic mass is 16.6. The third-order valence-electron chi connectivity index (χ3n) is 5.50. The van der Waals surface area contributed by atoms with Gasteiger partial charge in [0.15, 0.2) is 0 Å². The first-order valence-electron chi connectivity index (χ1n) is 10.7. The second-order valence-electron chi connectivity index (χ2n) is 9.18. The molecule has 2 atom stereocenters. The minimum atomic E-state index is -1.16. The van der Waals surface area contributed by atoms with Crippen LogP contribution in [0.25, 0.3) is 0 Å². The minimum absolute atomic E-state index is 0.327. The molecule has 0 aromatic heterocycles. The van der Waals surface area contributed by atoms with E-state index in [-0.39, 0.29) is 5.91 Å². The van der Waals surface area contributed by atoms with Crippen LogP contribution in [0.5, 0.6) is 0 Å². The van der Waals surface area contributed by atoms with Crippen molar-refractivity contribution in [3.05, 3.63) is 35.9 Å². The molecule has 1 saturated heterocycles. The van der Waals surface area contributed by atoms with Gasteiger partial charge in [-0.2, -0.15) is 0 Å². The molecule has 9 nitrogen and oxygen atoms in total. The Morgan fingerprint density at radius 1 is 1.00 bits per heavy atom. The Bertz CT molecular complexity index is 841. The highest BCUT2D eigenvalue weighted by molar-refractivity contribution is 5.94. The normalized spacial score (nSPS) is 17.6. The molecule has 9 heteroatoms. The fourth-order valence-corrected chi connectivity index (χ4v) is 3.60. The van der Waals surface area contributed by atoms with Gasteiger partial charge in [-0.1, -0.05) is 30.3 Å². The number of rotatable bonds is 6. The lowest BCUT2D eigenvalue weighted by Gasteiger charge is -2.41. The van der Waals surface area contributed by atoms with Gasteiger partial charge in [0.25, 0.3) is 0 Å². The monoisotopic (exact) mass is 447 g/mol. The summed E-state index contributed by atoms with van der Waals surface area (Å²) >= 11 is 0. The molecule has 32 heavy (non-hydrogen) atoms. The zero-order chi connectivity index (χ0) is 24.1. The summed E-state index contributed by atoms with van der Waals surface area (Å²) in [6, 6.07) is 7.27. The molecule has 0 bridgehead atoms. The van der Waals surface area contributed by atoms with E-state index in [1.165, 1.54) is 13.8 Å². The van der Waals surface area contributed by atoms with Gasteiger partial charge in [0.2, 0.25) is 11.8 Å². The van der Waals surface area contributed by atoms with Crippen molar-refractivity contribution in [2.45, 2.75) is 70.6 Å². The van der Waals surface area contributed by atoms with Crippen LogP contribution < -0.4 is 10.6 Å². The Balaban J connectivity index is 2.17. The third-order valence-corrected chi connectivity index (χ3v) is 5.50. The molecular weight excluding hydrogens is 414 g/mol. The van der Waals surface area contributed by atoms with Gasteiger partial charge in [0, 0.05) is 13.1 Å². The van der Waals surface area contributed by atoms with Crippen LogP contribution >= 0.6 is 0 Å². The number of carbonyl (C=O) groups is 4. The number of hydrogen-bond acceptors (Lipinski definition) is 5. The van der Waals surface area contributed by atoms with Crippen LogP contribution in [-0.4, -0.2) is 64.7 Å². The van der Waals surface area contributed by atoms with Crippen LogP contribution in [0, 0.1) is 0 Å². The number of ether oxygens (including phenoxy) is 1. The van der Waals surface area contributed by atoms with E-state index in [1.807, 2.05) is 30.3 Å². The van der Waals surface area contributed by atoms with Crippen molar-refractivity contribution >= 4 is 23.9 Å². The SMILES string of the molecule is C[C@H](NC(=O)[C@H](C)NC(=O)C1(c2ccccc2)CCN(C(=O)OC(C)(C)C)CC1)C(=O)O. The van der Waals surface area contributed by atoms with Crippen molar-refractivity contribution in [3.8, 4) is 0 Å². The van der Waals surface area contributed by atoms with Gasteiger partial charge in [-0.25, -0.2) is 4.79 Å². The molecule has 1 aliphatic heterocycles. The molecule has 1 fully saturated rings. The summed E-state index contributed by atoms with van der Waals surface area (Å²) in [6.07, 6.45) is 0.305. The molecule has 3 amide bonds. The number of carboxylic acids is 1. The molecule has 2 rings (SSSR count). The number of carboxylic acid groups (broad SMARTS) is 1. The lowest BCUT2D eigenvalue weighted by molar-refractivity contribution is -0.141. The van der Waals surface area contributed by atoms with Crippen molar-refractivity contribution in [2.75, 3.05) is 13.1 Å². The summed E-state index contributed by atoms with van der Waals surface area (Å²) in [4.78, 5) is 50.8. The average Bonchev–Trinajstić information content (AvgIpc) is 2.72. The van der Waals surface area contributed by atoms with Crippen LogP contribution in [0.3, 0.4) is 0 Å². The highest BCUT2D eigenvalue weighted by Gasteiger charge is 2.45. The molecule has 1 aromatic rings. The molecule has 176 valence electrons. The van der Waals surface area contributed by atoms with E-state index in [9.17, 15) is 19.2 Å². The van der Waals surface area contributed by atoms with Crippen LogP contribution in [0.2, 0.25) is 0 Å². The molecule has 0 aliphatic carbocycles. The number of piperidine rings is 1. The highest BCUT2D eigenvalue weighted by Crippen LogP contribution is 2.36. The standard InChI is InChI=1S/C23H33N3O6/c1-15(18(27)24-16(2)19(28)29)25-20(30)23(17-9-7-6-8-10-17)11-13-26(14-12-23)21(31)32-22(3,4)5/h6-10,15-16H,11-14H2,1-5H3,(H,24,27)(H,25,30)(H,28,29)/t15-,16-/m0/s1. The number of amides is 3. The molecule has 0 saturated carbocycles. The summed E-state index contributed by atoms with van der Waals surface area (Å²) in [5, 5.41) is 14.1. The number of nitrogens with zero attached hydrogens (tertiary/aromatic N) is 1. The number of carbonyl (C=O) groups excluding carboxylic acids is 3. The van der Waals surface area contributed by atoms with Crippen LogP contribution in [-0.2, 0) is 24.5 Å². The first kappa shape index (κ1) is 25.2. The topological polar surface area (TPSA) is 125 Å². The van der Waals surface area contributed by atoms with Crippen molar-refractivity contribution in [1.82, 2.24) is 15.5 Å². The van der Waals surface area contributed by atoms with Gasteiger partial charge < -0.3 is 25.4 Å². The third kappa shape index (κ3) is 6.21. The summed E-state index contributed by atoms with van der Waals surface area (Å²) in [7, 11) is 0. The first-order valence-corrected chi connectivity index (χ1v) is 10.7. The summed E-state index contributed by atoms with van der Waals surface area (Å²) < 4.78 is 5.45. The summed E-state index contributed by atoms with van der Waals surface area (Å²) in [6.45, 7) is 8.92. The van der Waals surface area contributed by atoms with E-state index >= 15 is 0 Å². The van der Waals surface area contributed by atoms with Crippen molar-refractivity contribution in [1.29, 1.82) is 0 Å². The molecule has 0 unspecified atom stereocenters. The van der Waals surface area contributed by atoms with Gasteiger partial charge in [-0.3, -0.25) is 14.4 Å². The van der Waals surface area contributed by atoms with Gasteiger partial charge >= 0.3 is 12.1 Å². The second-order valence-corrected chi connectivity index (χ2v) is 9.18. The fraction of sp³-hybridized carbons (Fsp3) is 0.565. The Hall–Kier alpha value is -3.10. The Labute approximate surface area is 188 Å². The second kappa shape index (κ2) is 10.0. The van der Waals surface area contributed by atoms with E-state index in [2.05, 4.69) is 10.6 Å². The fourth-order valence-electron chi connectivity index (χ4n) is 3.60. The van der Waals surface area contributed by atoms with Crippen LogP contribution in [0.15, 0.2) is 30.3 Å². The van der Waals surface area contributed by atoms with E-state index < -0.39 is 41.1 Å². The molecule has 0 radical (unpaired) electrons. The summed E-state index contributed by atoms with van der Waals surface area (Å²) in [5.74, 6) is -2.08. The number of aliphatic carboxylic acids is 1. The molecule has 3 N–H and O–H groups in total. The van der Waals surface area contributed by atoms with E-state index in [0.717, 1.165) is 5.56 Å². The lowest BCUT2D eigenvalue weighted by Crippen LogP contribution is -2.57. The predicted octanol–water partition coefficient (Wildman–Crippen LogP) is 2.05. The first-order chi connectivity index (χ1) is 14.9. The minimum Gasteiger partial charge on any atom is -0.480 e. The number of benzene rings is 1. The van der Waals surface area contributed by atoms with Gasteiger partial charge in [-0.05, 0) is 53.0 Å². The van der Waals surface area contributed by atoms with Gasteiger partial charge in [0.1, 0.15) is 17.7 Å². The predicted molar refractivity (Wildman–Crippen MR) is 118 cm³/mol. The Kier molecular flexibility index (Phi) is 7.87. The zero-order valence-electron chi connectivity index (χ0n) is 19.3. The maximum atomic E-state index is 13.4. The van der Waals surface area contributed by atoms with Crippen molar-refractivity contribution < 1.29 is 29.0 Å². The molecular formula is C23H33N3O6. The quantitative estimate of drug-likeness (QED) is 0.613. The number of likely N-dealkylation sites (tertiary alicyclic amines) is 1. The largest absolute Gasteiger partial charge is 0.480 e. The molecule has 0 spiro atoms. The van der Waals surface area contributed by atoms with Crippen molar-refractivity contribution in [2.24, 2.45) is 0 Å². The summed E-state index contributed by atoms with van der Waals surface area (Å²) in [5.41, 5.74) is -0.738. The molecule has 1 heterocycles. The van der Waals surface area contributed by atoms with Gasteiger partial charge in [-0.15, -0.1) is 0 Å². The lowest BCUT2D eigenvalue weighted by atomic mass is 9.72. The zero-order valence-corrected chi connectivity index (χ0v) is 19.3. The average molecular weight is 448 g/mol. The number of hydrogen-bond donors (Lipinski definition) is 3. The van der Waals surface area contributed by atoms with Crippen LogP contribution in [0.1, 0.15) is 53.0 Å². The molecule has 1 aromatic carbocycles. The van der Waals surface area contributed by atoms with E-state index in [0.29, 0.717) is 25.9 Å². The van der Waals surface area contributed by atoms with Crippen LogP contribution in [0.4, 0.5) is 4.79 Å². The Morgan fingerprint density at radius 3 is 2.06 bits per heavy atom. The van der Waals surface area contributed by atoms with Gasteiger partial charge in [0.05, 0.1) is 5.41 Å². The van der Waals surface area contributed by atoms with Crippen molar-refractivity contribution in [3.63, 3.8) is 0 Å².